The number of aromatic nitrogens is 4. The molecule has 8 aromatic carbocycles. The first-order valence-electron chi connectivity index (χ1n) is 34.9. The average Bonchev–Trinajstić information content (AvgIpc) is 1.40. The molecule has 24 nitrogen and oxygen atoms in total. The lowest BCUT2D eigenvalue weighted by Crippen LogP contribution is -2.34. The number of thiazole rings is 4. The number of nitrogens with one attached hydrogen (secondary N) is 7. The van der Waals surface area contributed by atoms with Crippen LogP contribution in [0.2, 0.25) is 0 Å². The second kappa shape index (κ2) is 39.4. The van der Waals surface area contributed by atoms with E-state index in [-0.39, 0.29) is 42.0 Å². The van der Waals surface area contributed by atoms with E-state index >= 15 is 0 Å². The minimum atomic E-state index is -3.49. The van der Waals surface area contributed by atoms with Gasteiger partial charge in [0.05, 0.1) is 60.0 Å². The van der Waals surface area contributed by atoms with Crippen molar-refractivity contribution < 1.29 is 50.5 Å². The van der Waals surface area contributed by atoms with Crippen LogP contribution in [-0.4, -0.2) is 109 Å². The van der Waals surface area contributed by atoms with Crippen molar-refractivity contribution in [3.63, 3.8) is 0 Å². The van der Waals surface area contributed by atoms with Crippen LogP contribution in [0.25, 0.3) is 40.9 Å². The molecular formula is C83H79N13O11S7. The zero-order chi connectivity index (χ0) is 81.5. The van der Waals surface area contributed by atoms with Crippen molar-refractivity contribution in [2.75, 3.05) is 59.7 Å². The van der Waals surface area contributed by atoms with Crippen LogP contribution >= 0.6 is 45.3 Å². The molecule has 0 radical (unpaired) electrons. The lowest BCUT2D eigenvalue weighted by atomic mass is 10.0. The molecule has 1 aliphatic heterocycles. The maximum absolute atomic E-state index is 12.1. The van der Waals surface area contributed by atoms with Crippen LogP contribution in [-0.2, 0) is 67.5 Å². The highest BCUT2D eigenvalue weighted by Crippen LogP contribution is 2.35. The summed E-state index contributed by atoms with van der Waals surface area (Å²) in [7, 11) is -10.3. The van der Waals surface area contributed by atoms with Gasteiger partial charge in [0.2, 0.25) is 36.0 Å². The molecule has 13 rings (SSSR count). The van der Waals surface area contributed by atoms with Crippen molar-refractivity contribution in [2.24, 2.45) is 0 Å². The highest BCUT2D eigenvalue weighted by atomic mass is 32.2. The number of phenols is 4. The SMILES string of the molecule is C/C=C/C(=O)NCc1cccc(NCC#Cc2cc(O)c3nc(N)sc3c2)c1.C=CS(=O)(=O)N1CCc2ccc(NCC#Cc3cc(O)c4nc(C)sc4c3)cc2C1.C=CS(=O)(=O)NCc1ccc(NCC#Cc2cc(O)c3nc(C)sc3c2)cc1.C=CS(=O)(=O)NCc1ccccc1NCC#Cc1cc(O)c2nc(C)sc2c1. The van der Waals surface area contributed by atoms with E-state index in [2.05, 4.69) is 123 Å². The Hall–Kier alpha value is -12.1. The van der Waals surface area contributed by atoms with Gasteiger partial charge >= 0.3 is 0 Å². The van der Waals surface area contributed by atoms with Crippen molar-refractivity contribution in [2.45, 2.75) is 60.3 Å². The molecular weight excluding hydrogens is 1580 g/mol. The zero-order valence-corrected chi connectivity index (χ0v) is 67.9. The summed E-state index contributed by atoms with van der Waals surface area (Å²) in [6.45, 7) is 20.7. The van der Waals surface area contributed by atoms with E-state index in [4.69, 9.17) is 5.73 Å². The predicted octanol–water partition coefficient (Wildman–Crippen LogP) is 13.5. The summed E-state index contributed by atoms with van der Waals surface area (Å²) in [6.07, 6.45) is 3.88. The Kier molecular flexibility index (Phi) is 29.2. The first-order chi connectivity index (χ1) is 54.6. The Balaban J connectivity index is 0.000000161. The molecule has 0 unspecified atom stereocenters. The number of amides is 1. The number of hydrogen-bond acceptors (Lipinski definition) is 24. The van der Waals surface area contributed by atoms with Crippen LogP contribution in [0.3, 0.4) is 0 Å². The van der Waals surface area contributed by atoms with Crippen LogP contribution in [0, 0.1) is 68.1 Å². The van der Waals surface area contributed by atoms with Gasteiger partial charge in [-0.25, -0.2) is 54.6 Å². The molecule has 0 bridgehead atoms. The number of fused-ring (bicyclic) bond motifs is 5. The van der Waals surface area contributed by atoms with Crippen LogP contribution in [0.4, 0.5) is 27.9 Å². The van der Waals surface area contributed by atoms with E-state index in [0.717, 1.165) is 112 Å². The smallest absolute Gasteiger partial charge is 0.243 e. The van der Waals surface area contributed by atoms with E-state index in [1.165, 1.54) is 55.7 Å². The number of benzene rings is 8. The predicted molar refractivity (Wildman–Crippen MR) is 463 cm³/mol. The lowest BCUT2D eigenvalue weighted by molar-refractivity contribution is -0.116. The molecule has 0 saturated heterocycles. The minimum absolute atomic E-state index is 0.0791. The summed E-state index contributed by atoms with van der Waals surface area (Å²) >= 11 is 5.87. The molecule has 0 spiro atoms. The summed E-state index contributed by atoms with van der Waals surface area (Å²) < 4.78 is 79.7. The molecule has 1 aliphatic rings. The fraction of sp³-hybridized carbons (Fsp3) is 0.169. The van der Waals surface area contributed by atoms with Gasteiger partial charge in [-0.15, -0.1) is 34.0 Å². The molecule has 13 N–H and O–H groups in total. The summed E-state index contributed by atoms with van der Waals surface area (Å²) in [5.41, 5.74) is 19.2. The number of allylic oxidation sites excluding steroid dienone is 1. The van der Waals surface area contributed by atoms with Gasteiger partial charge in [-0.1, -0.05) is 133 Å². The average molecular weight is 1660 g/mol. The topological polar surface area (TPSA) is 365 Å². The Morgan fingerprint density at radius 2 is 0.956 bits per heavy atom. The standard InChI is InChI=1S/C22H21N3O3S2.C21H20N4O2S.2C20H19N3O3S2/c1-3-30(27,28)25-10-8-17-6-7-19(13-18(17)14-25)23-9-4-5-16-11-20(26)22-21(12-16)29-15(2)24-22;1-2-5-19(27)24-13-15-6-3-8-16(10-15)23-9-4-7-14-11-17(26)20-18(12-14)28-21(22)25-20;1-3-28(25,26)22-13-15-6-8-17(9-7-15)21-10-4-5-16-11-18(24)20-19(12-16)27-14(2)23-20;1-3-28(25,26)22-13-16-8-4-5-9-17(16)21-10-6-7-15-11-18(24)20-19(12-15)27-14(2)23-20/h3,6-7,11-13,23,26H,1,8-10,14H2,2H3;2-3,5-6,8,10-12,23,26H,9,13H2,1H3,(H2,22,25)(H,24,27);3,6-9,11-12,21-22,24H,1,10,13H2,2H3;3-5,8-9,11-12,21-22,24H,1,10,13H2,2H3/b;5-2+;;. The van der Waals surface area contributed by atoms with E-state index in [0.29, 0.717) is 90.6 Å². The Labute approximate surface area is 677 Å². The number of sulfonamides is 3. The number of aromatic hydroxyl groups is 4. The number of anilines is 5. The number of para-hydroxylation sites is 1. The van der Waals surface area contributed by atoms with Gasteiger partial charge in [0.1, 0.15) is 45.1 Å². The largest absolute Gasteiger partial charge is 0.506 e. The van der Waals surface area contributed by atoms with Crippen molar-refractivity contribution in [3.8, 4) is 70.4 Å². The second-order valence-corrected chi connectivity index (χ2v) is 34.9. The number of rotatable bonds is 21. The summed E-state index contributed by atoms with van der Waals surface area (Å²) in [6, 6.07) is 42.6. The molecule has 0 atom stereocenters. The van der Waals surface area contributed by atoms with Crippen molar-refractivity contribution in [1.82, 2.24) is 39.0 Å². The number of carbonyl (C=O) groups is 1. The molecule has 0 fully saturated rings. The van der Waals surface area contributed by atoms with Gasteiger partial charge in [0.25, 0.3) is 0 Å². The van der Waals surface area contributed by atoms with Gasteiger partial charge in [-0.05, 0) is 159 Å². The fourth-order valence-electron chi connectivity index (χ4n) is 11.1. The van der Waals surface area contributed by atoms with Gasteiger partial charge in [0, 0.05) is 94.0 Å². The summed E-state index contributed by atoms with van der Waals surface area (Å²) in [4.78, 5) is 28.5. The third kappa shape index (κ3) is 24.5. The van der Waals surface area contributed by atoms with Crippen LogP contribution in [0.15, 0.2) is 188 Å². The van der Waals surface area contributed by atoms with Crippen molar-refractivity contribution >= 4 is 150 Å². The number of nitrogens with zero attached hydrogens (tertiary/aromatic N) is 5. The first kappa shape index (κ1) is 84.4. The number of hydrogen-bond donors (Lipinski definition) is 12. The van der Waals surface area contributed by atoms with Gasteiger partial charge in [0.15, 0.2) is 5.13 Å². The van der Waals surface area contributed by atoms with Crippen LogP contribution in [0.5, 0.6) is 23.0 Å². The van der Waals surface area contributed by atoms with Crippen LogP contribution < -0.4 is 41.8 Å². The highest BCUT2D eigenvalue weighted by molar-refractivity contribution is 7.92. The number of aryl methyl sites for hydroxylation is 3. The Bertz CT molecular complexity index is 6270. The molecule has 1 amide bonds. The lowest BCUT2D eigenvalue weighted by Gasteiger charge is -2.27. The fourth-order valence-corrected chi connectivity index (χ4v) is 16.4. The molecule has 5 heterocycles. The molecule has 0 saturated carbocycles. The third-order valence-electron chi connectivity index (χ3n) is 16.5. The Morgan fingerprint density at radius 1 is 0.500 bits per heavy atom. The second-order valence-electron chi connectivity index (χ2n) is 24.9. The number of nitrogens with two attached hydrogens (primary N) is 1. The Morgan fingerprint density at radius 3 is 1.46 bits per heavy atom. The first-order valence-corrected chi connectivity index (χ1v) is 42.8. The molecule has 12 aromatic rings. The highest BCUT2D eigenvalue weighted by Gasteiger charge is 2.25. The van der Waals surface area contributed by atoms with E-state index in [9.17, 15) is 50.5 Å². The van der Waals surface area contributed by atoms with E-state index < -0.39 is 30.1 Å². The normalized spacial score (nSPS) is 11.7. The number of nitrogen functional groups attached to an aromatic ring is 1. The maximum atomic E-state index is 12.1. The van der Waals surface area contributed by atoms with Gasteiger partial charge in [-0.3, -0.25) is 4.79 Å². The van der Waals surface area contributed by atoms with Crippen LogP contribution in [0.1, 0.15) is 72.0 Å². The molecule has 4 aromatic heterocycles. The van der Waals surface area contributed by atoms with Gasteiger partial charge < -0.3 is 52.7 Å². The monoisotopic (exact) mass is 1660 g/mol. The number of carbonyl (C=O) groups excluding carboxylic acids is 1. The molecule has 584 valence electrons. The van der Waals surface area contributed by atoms with E-state index in [1.807, 2.05) is 136 Å². The number of phenolic OH excluding ortho intramolecular Hbond substituents is 4. The zero-order valence-electron chi connectivity index (χ0n) is 62.2. The van der Waals surface area contributed by atoms with Crippen molar-refractivity contribution in [3.05, 3.63) is 253 Å². The molecule has 0 aliphatic carbocycles. The van der Waals surface area contributed by atoms with E-state index in [1.54, 1.807) is 37.3 Å². The third-order valence-corrected chi connectivity index (χ3v) is 23.5. The maximum Gasteiger partial charge on any atom is 0.243 e. The summed E-state index contributed by atoms with van der Waals surface area (Å²) in [5, 5.41) is 61.8. The van der Waals surface area contributed by atoms with Crippen molar-refractivity contribution in [1.29, 1.82) is 0 Å². The summed E-state index contributed by atoms with van der Waals surface area (Å²) in [5.74, 6) is 24.7. The molecule has 114 heavy (non-hydrogen) atoms. The quantitative estimate of drug-likeness (QED) is 0.0235. The van der Waals surface area contributed by atoms with Gasteiger partial charge in [-0.2, -0.15) is 4.31 Å². The molecule has 31 heteroatoms. The minimum Gasteiger partial charge on any atom is -0.506 e.